The molecule has 0 aromatic rings. The van der Waals surface area contributed by atoms with Gasteiger partial charge in [0, 0.05) is 0 Å². The van der Waals surface area contributed by atoms with Crippen LogP contribution in [0.25, 0.3) is 0 Å². The molecule has 46 valence electrons. The summed E-state index contributed by atoms with van der Waals surface area (Å²) in [5, 5.41) is 0. The van der Waals surface area contributed by atoms with E-state index < -0.39 is 7.86 Å². The molecular formula is CH3N4P4+. The van der Waals surface area contributed by atoms with E-state index in [1.54, 1.807) is 0 Å². The zero-order valence-electron chi connectivity index (χ0n) is 4.58. The standard InChI is InChI=1S/CH3N4P4/c1-9-4-7-2-6-3-8-5-9/h1H3/q+1. The van der Waals surface area contributed by atoms with Crippen LogP contribution < -0.4 is 0 Å². The third-order valence-corrected chi connectivity index (χ3v) is 4.49. The molecule has 0 amide bonds. The molecule has 0 aromatic heterocycles. The fourth-order valence-electron chi connectivity index (χ4n) is 0.223. The summed E-state index contributed by atoms with van der Waals surface area (Å²) in [7, 11) is 1.81. The van der Waals surface area contributed by atoms with Crippen molar-refractivity contribution in [3.63, 3.8) is 0 Å². The van der Waals surface area contributed by atoms with E-state index in [1.807, 2.05) is 6.66 Å². The van der Waals surface area contributed by atoms with Gasteiger partial charge in [0.2, 0.25) is 17.0 Å². The number of nitrogens with zero attached hydrogens (tertiary/aromatic N) is 4. The second-order valence-electron chi connectivity index (χ2n) is 1.12. The lowest BCUT2D eigenvalue weighted by atomic mass is 12.0. The van der Waals surface area contributed by atoms with Gasteiger partial charge in [-0.15, -0.1) is 0 Å². The molecule has 0 saturated heterocycles. The highest BCUT2D eigenvalue weighted by Gasteiger charge is 1.98. The minimum absolute atomic E-state index is 0.502. The van der Waals surface area contributed by atoms with E-state index in [-0.39, 0.29) is 0 Å². The van der Waals surface area contributed by atoms with Gasteiger partial charge in [-0.2, -0.15) is 9.03 Å². The molecule has 8 heteroatoms. The maximum atomic E-state index is 4.11. The Morgan fingerprint density at radius 3 is 2.78 bits per heavy atom. The van der Waals surface area contributed by atoms with Gasteiger partial charge in [-0.05, 0) is 9.03 Å². The van der Waals surface area contributed by atoms with Crippen molar-refractivity contribution in [3.8, 4) is 0 Å². The Kier molecular flexibility index (Phi) is 3.55. The molecule has 0 N–H and O–H groups in total. The Morgan fingerprint density at radius 2 is 1.89 bits per heavy atom. The SMILES string of the molecule is C/[P+]1=N/P=NP=NP=N1. The van der Waals surface area contributed by atoms with E-state index >= 15 is 0 Å². The molecule has 0 spiro atoms. The lowest BCUT2D eigenvalue weighted by Gasteiger charge is -1.71. The highest BCUT2D eigenvalue weighted by Crippen LogP contribution is 2.35. The van der Waals surface area contributed by atoms with Gasteiger partial charge in [0.05, 0.1) is 0 Å². The minimum Gasteiger partial charge on any atom is -0.163 e. The summed E-state index contributed by atoms with van der Waals surface area (Å²) in [6, 6.07) is 0. The zero-order valence-corrected chi connectivity index (χ0v) is 8.16. The first-order chi connectivity index (χ1) is 4.39. The minimum atomic E-state index is -0.502. The van der Waals surface area contributed by atoms with Gasteiger partial charge in [0.25, 0.3) is 0 Å². The molecule has 1 heterocycles. The van der Waals surface area contributed by atoms with Gasteiger partial charge in [0.1, 0.15) is 6.66 Å². The van der Waals surface area contributed by atoms with E-state index in [2.05, 4.69) is 18.1 Å². The largest absolute Gasteiger partial charge is 0.359 e. The van der Waals surface area contributed by atoms with Crippen LogP contribution in [-0.4, -0.2) is 6.66 Å². The van der Waals surface area contributed by atoms with Gasteiger partial charge in [-0.25, -0.2) is 0 Å². The first-order valence-electron chi connectivity index (χ1n) is 2.05. The molecule has 1 aliphatic rings. The van der Waals surface area contributed by atoms with Gasteiger partial charge >= 0.3 is 7.86 Å². The van der Waals surface area contributed by atoms with E-state index in [9.17, 15) is 0 Å². The molecule has 0 aromatic carbocycles. The van der Waals surface area contributed by atoms with Gasteiger partial charge in [0.15, 0.2) is 8.52 Å². The highest BCUT2D eigenvalue weighted by atomic mass is 31.2. The summed E-state index contributed by atoms with van der Waals surface area (Å²) >= 11 is 0. The van der Waals surface area contributed by atoms with Crippen LogP contribution >= 0.6 is 33.4 Å². The number of hydrogen-bond acceptors (Lipinski definition) is 4. The fourth-order valence-corrected chi connectivity index (χ4v) is 3.30. The first kappa shape index (κ1) is 7.51. The summed E-state index contributed by atoms with van der Waals surface area (Å²) < 4.78 is 16.1. The quantitative estimate of drug-likeness (QED) is 0.516. The van der Waals surface area contributed by atoms with Crippen LogP contribution in [0.1, 0.15) is 0 Å². The average Bonchev–Trinajstić information content (AvgIpc) is 1.79. The van der Waals surface area contributed by atoms with E-state index in [1.165, 1.54) is 0 Å². The van der Waals surface area contributed by atoms with Gasteiger partial charge in [-0.1, -0.05) is 0 Å². The Morgan fingerprint density at radius 1 is 1.11 bits per heavy atom. The smallest absolute Gasteiger partial charge is 0.163 e. The molecule has 0 saturated carbocycles. The van der Waals surface area contributed by atoms with Crippen LogP contribution in [0.15, 0.2) is 18.1 Å². The topological polar surface area (TPSA) is 49.4 Å². The second-order valence-corrected chi connectivity index (χ2v) is 5.49. The zero-order chi connectivity index (χ0) is 6.53. The third kappa shape index (κ3) is 3.18. The van der Waals surface area contributed by atoms with Crippen LogP contribution in [0, 0.1) is 0 Å². The molecule has 9 heavy (non-hydrogen) atoms. The maximum Gasteiger partial charge on any atom is 0.359 e. The van der Waals surface area contributed by atoms with Gasteiger partial charge < -0.3 is 0 Å². The third-order valence-electron chi connectivity index (χ3n) is 0.499. The lowest BCUT2D eigenvalue weighted by Crippen LogP contribution is -1.38. The predicted molar refractivity (Wildman–Crippen MR) is 43.3 cm³/mol. The van der Waals surface area contributed by atoms with Crippen LogP contribution in [0.3, 0.4) is 0 Å². The first-order valence-corrected chi connectivity index (χ1v) is 6.14. The molecule has 0 fully saturated rings. The van der Waals surface area contributed by atoms with Crippen LogP contribution in [0.2, 0.25) is 0 Å². The highest BCUT2D eigenvalue weighted by molar-refractivity contribution is 7.57. The molecular weight excluding hydrogens is 192 g/mol. The molecule has 0 aliphatic carbocycles. The Hall–Kier alpha value is 0.400. The van der Waals surface area contributed by atoms with Crippen LogP contribution in [-0.2, 0) is 0 Å². The predicted octanol–water partition coefficient (Wildman–Crippen LogP) is 4.34. The van der Waals surface area contributed by atoms with E-state index in [4.69, 9.17) is 0 Å². The molecule has 0 radical (unpaired) electrons. The monoisotopic (exact) mass is 195 g/mol. The normalized spacial score (nSPS) is 27.9. The molecule has 1 unspecified atom stereocenters. The number of rotatable bonds is 0. The van der Waals surface area contributed by atoms with E-state index in [0.29, 0.717) is 0 Å². The number of hydrogen-bond donors (Lipinski definition) is 0. The summed E-state index contributed by atoms with van der Waals surface area (Å²) in [5.74, 6) is 0. The molecule has 1 atom stereocenters. The second kappa shape index (κ2) is 4.25. The van der Waals surface area contributed by atoms with Crippen LogP contribution in [0.4, 0.5) is 0 Å². The Bertz CT molecular complexity index is 203. The molecule has 1 rings (SSSR count). The Labute approximate surface area is 58.8 Å². The van der Waals surface area contributed by atoms with Gasteiger partial charge in [-0.3, -0.25) is 0 Å². The van der Waals surface area contributed by atoms with E-state index in [0.717, 1.165) is 25.6 Å². The van der Waals surface area contributed by atoms with Crippen molar-refractivity contribution in [2.45, 2.75) is 0 Å². The van der Waals surface area contributed by atoms with Crippen molar-refractivity contribution < 1.29 is 0 Å². The van der Waals surface area contributed by atoms with Crippen molar-refractivity contribution in [1.82, 2.24) is 0 Å². The lowest BCUT2D eigenvalue weighted by molar-refractivity contribution is 1.82. The van der Waals surface area contributed by atoms with Crippen molar-refractivity contribution in [2.75, 3.05) is 6.66 Å². The van der Waals surface area contributed by atoms with Crippen LogP contribution in [0.5, 0.6) is 0 Å². The van der Waals surface area contributed by atoms with Crippen molar-refractivity contribution >= 4 is 33.4 Å². The van der Waals surface area contributed by atoms with Crippen molar-refractivity contribution in [3.05, 3.63) is 0 Å². The fraction of sp³-hybridized carbons (Fsp3) is 1.00. The summed E-state index contributed by atoms with van der Waals surface area (Å²) in [4.78, 5) is 0. The molecule has 0 bridgehead atoms. The van der Waals surface area contributed by atoms with Crippen molar-refractivity contribution in [2.24, 2.45) is 18.1 Å². The maximum absolute atomic E-state index is 4.11. The average molecular weight is 195 g/mol. The van der Waals surface area contributed by atoms with Crippen molar-refractivity contribution in [1.29, 1.82) is 0 Å². The summed E-state index contributed by atoms with van der Waals surface area (Å²) in [5.41, 5.74) is 0. The molecule has 1 aliphatic heterocycles. The summed E-state index contributed by atoms with van der Waals surface area (Å²) in [6.07, 6.45) is 0. The summed E-state index contributed by atoms with van der Waals surface area (Å²) in [6.45, 7) is 1.99. The molecule has 4 nitrogen and oxygen atoms in total. The Balaban J connectivity index is 2.77.